The van der Waals surface area contributed by atoms with Crippen molar-refractivity contribution >= 4 is 33.6 Å². The van der Waals surface area contributed by atoms with Gasteiger partial charge in [0.1, 0.15) is 22.2 Å². The van der Waals surface area contributed by atoms with E-state index in [1.165, 1.54) is 7.11 Å². The number of methoxy groups -OCH3 is 2. The van der Waals surface area contributed by atoms with Crippen LogP contribution in [-0.2, 0) is 16.0 Å². The van der Waals surface area contributed by atoms with Crippen molar-refractivity contribution in [3.05, 3.63) is 58.5 Å². The van der Waals surface area contributed by atoms with Crippen LogP contribution in [0.1, 0.15) is 30.9 Å². The van der Waals surface area contributed by atoms with E-state index in [1.807, 2.05) is 37.3 Å². The van der Waals surface area contributed by atoms with Gasteiger partial charge in [-0.3, -0.25) is 9.59 Å². The van der Waals surface area contributed by atoms with Crippen LogP contribution in [0.25, 0.3) is 11.1 Å². The van der Waals surface area contributed by atoms with Crippen molar-refractivity contribution in [1.29, 1.82) is 0 Å². The number of benzene rings is 1. The molecule has 2 aromatic heterocycles. The van der Waals surface area contributed by atoms with Crippen molar-refractivity contribution in [1.82, 2.24) is 19.9 Å². The van der Waals surface area contributed by atoms with Crippen LogP contribution < -0.4 is 14.8 Å². The van der Waals surface area contributed by atoms with Crippen molar-refractivity contribution in [3.63, 3.8) is 0 Å². The number of hydrogen-bond acceptors (Lipinski definition) is 7. The highest BCUT2D eigenvalue weighted by Gasteiger charge is 2.64. The number of pyridine rings is 1. The fraction of sp³-hybridized carbons (Fsp3) is 0.370. The number of aromatic nitrogens is 3. The quantitative estimate of drug-likeness (QED) is 0.428. The summed E-state index contributed by atoms with van der Waals surface area (Å²) >= 11 is 3.36. The third-order valence-corrected chi connectivity index (χ3v) is 7.67. The summed E-state index contributed by atoms with van der Waals surface area (Å²) in [7, 11) is 3.10. The van der Waals surface area contributed by atoms with E-state index >= 15 is 0 Å². The topological polar surface area (TPSA) is 107 Å². The highest BCUT2D eigenvalue weighted by molar-refractivity contribution is 9.10. The lowest BCUT2D eigenvalue weighted by Gasteiger charge is -2.27. The first-order valence-corrected chi connectivity index (χ1v) is 12.8. The number of likely N-dealkylation sites (tertiary alicyclic amines) is 1. The predicted octanol–water partition coefficient (Wildman–Crippen LogP) is 4.19. The fourth-order valence-corrected chi connectivity index (χ4v) is 5.39. The second-order valence-corrected chi connectivity index (χ2v) is 10.7. The van der Waals surface area contributed by atoms with E-state index in [4.69, 9.17) is 9.47 Å². The molecule has 1 saturated carbocycles. The number of ether oxygens (including phenoxy) is 2. The number of halogens is 1. The molecule has 0 bridgehead atoms. The van der Waals surface area contributed by atoms with Gasteiger partial charge in [0.25, 0.3) is 0 Å². The molecule has 37 heavy (non-hydrogen) atoms. The van der Waals surface area contributed by atoms with Gasteiger partial charge in [0.2, 0.25) is 11.8 Å². The lowest BCUT2D eigenvalue weighted by molar-refractivity contribution is -0.137. The maximum absolute atomic E-state index is 13.7. The summed E-state index contributed by atoms with van der Waals surface area (Å²) in [4.78, 5) is 41.5. The molecule has 0 unspecified atom stereocenters. The first-order valence-electron chi connectivity index (χ1n) is 12.0. The lowest BCUT2D eigenvalue weighted by Crippen LogP contribution is -2.46. The van der Waals surface area contributed by atoms with Crippen LogP contribution >= 0.6 is 15.9 Å². The van der Waals surface area contributed by atoms with Crippen LogP contribution in [0.4, 0.5) is 5.82 Å². The summed E-state index contributed by atoms with van der Waals surface area (Å²) in [5.74, 6) is 0.823. The molecular weight excluding hydrogens is 538 g/mol. The van der Waals surface area contributed by atoms with Crippen LogP contribution in [-0.4, -0.2) is 58.0 Å². The Morgan fingerprint density at radius 1 is 1.11 bits per heavy atom. The Bertz CT molecular complexity index is 1370. The highest BCUT2D eigenvalue weighted by Crippen LogP contribution is 2.59. The maximum atomic E-state index is 13.7. The third kappa shape index (κ3) is 5.02. The zero-order valence-corrected chi connectivity index (χ0v) is 22.7. The molecule has 3 heterocycles. The number of carbonyl (C=O) groups is 2. The average Bonchev–Trinajstić information content (AvgIpc) is 3.45. The number of amides is 2. The van der Waals surface area contributed by atoms with Crippen LogP contribution in [0.5, 0.6) is 11.8 Å². The molecule has 1 aliphatic carbocycles. The van der Waals surface area contributed by atoms with Crippen LogP contribution in [0.3, 0.4) is 0 Å². The van der Waals surface area contributed by atoms with Crippen LogP contribution in [0.15, 0.2) is 47.3 Å². The number of rotatable bonds is 7. The molecule has 192 valence electrons. The van der Waals surface area contributed by atoms with Crippen LogP contribution in [0, 0.1) is 12.3 Å². The van der Waals surface area contributed by atoms with Crippen molar-refractivity contribution in [2.45, 2.75) is 45.2 Å². The molecule has 10 heteroatoms. The third-order valence-electron chi connectivity index (χ3n) is 7.23. The van der Waals surface area contributed by atoms with E-state index < -0.39 is 6.04 Å². The minimum Gasteiger partial charge on any atom is -0.497 e. The van der Waals surface area contributed by atoms with Crippen molar-refractivity contribution < 1.29 is 19.1 Å². The monoisotopic (exact) mass is 565 g/mol. The van der Waals surface area contributed by atoms with Crippen LogP contribution in [0.2, 0.25) is 0 Å². The number of anilines is 1. The normalized spacial score (nSPS) is 21.8. The Kier molecular flexibility index (Phi) is 6.61. The molecule has 0 radical (unpaired) electrons. The van der Waals surface area contributed by atoms with Gasteiger partial charge in [0.15, 0.2) is 0 Å². The van der Waals surface area contributed by atoms with E-state index in [0.717, 1.165) is 28.7 Å². The molecular formula is C27H28BrN5O4. The minimum absolute atomic E-state index is 0.0304. The first kappa shape index (κ1) is 25.1. The molecule has 2 amide bonds. The lowest BCUT2D eigenvalue weighted by atomic mass is 10.0. The zero-order valence-electron chi connectivity index (χ0n) is 21.1. The van der Waals surface area contributed by atoms with E-state index in [0.29, 0.717) is 22.6 Å². The summed E-state index contributed by atoms with van der Waals surface area (Å²) in [5.41, 5.74) is 3.21. The number of carbonyl (C=O) groups excluding carboxylic acids is 2. The van der Waals surface area contributed by atoms with Gasteiger partial charge < -0.3 is 19.7 Å². The Balaban J connectivity index is 1.37. The molecule has 0 spiro atoms. The molecule has 3 aromatic rings. The van der Waals surface area contributed by atoms with Gasteiger partial charge in [-0.15, -0.1) is 0 Å². The van der Waals surface area contributed by atoms with Gasteiger partial charge in [-0.2, -0.15) is 0 Å². The van der Waals surface area contributed by atoms with Gasteiger partial charge in [-0.1, -0.05) is 19.1 Å². The number of nitrogens with zero attached hydrogens (tertiary/aromatic N) is 4. The standard InChI is InChI=1S/C27H28BrN5O4/c1-15-5-6-22(28)31-24(15)32-25(35)20-11-27(2)12-21(27)33(20)23(34)9-16-7-17(10-19(8-16)36-3)18-13-29-26(37-4)30-14-18/h5-8,10,13-14,20-21H,9,11-12H2,1-4H3,(H,31,32,35)/t20-,21+,27-/m0/s1. The van der Waals surface area contributed by atoms with Gasteiger partial charge in [-0.05, 0) is 76.0 Å². The van der Waals surface area contributed by atoms with Gasteiger partial charge in [0.05, 0.1) is 20.6 Å². The van der Waals surface area contributed by atoms with Crippen molar-refractivity contribution in [3.8, 4) is 22.9 Å². The number of hydrogen-bond donors (Lipinski definition) is 1. The predicted molar refractivity (Wildman–Crippen MR) is 141 cm³/mol. The molecule has 1 aromatic carbocycles. The summed E-state index contributed by atoms with van der Waals surface area (Å²) < 4.78 is 11.2. The molecule has 1 aliphatic heterocycles. The van der Waals surface area contributed by atoms with Gasteiger partial charge in [-0.25, -0.2) is 15.0 Å². The zero-order chi connectivity index (χ0) is 26.3. The highest BCUT2D eigenvalue weighted by atomic mass is 79.9. The SMILES string of the molecule is COc1cc(CC(=O)N2[C@H](C(=O)Nc3nc(Br)ccc3C)C[C@@]3(C)C[C@@H]23)cc(-c2cnc(OC)nc2)c1. The van der Waals surface area contributed by atoms with E-state index in [9.17, 15) is 9.59 Å². The second-order valence-electron chi connectivity index (χ2n) is 9.89. The van der Waals surface area contributed by atoms with Crippen molar-refractivity contribution in [2.75, 3.05) is 19.5 Å². The summed E-state index contributed by atoms with van der Waals surface area (Å²) in [6, 6.07) is 9.15. The minimum atomic E-state index is -0.545. The smallest absolute Gasteiger partial charge is 0.316 e. The number of fused-ring (bicyclic) bond motifs is 1. The molecule has 9 nitrogen and oxygen atoms in total. The molecule has 3 atom stereocenters. The number of piperidine rings is 1. The molecule has 2 fully saturated rings. The molecule has 2 aliphatic rings. The largest absolute Gasteiger partial charge is 0.497 e. The Hall–Kier alpha value is -3.53. The average molecular weight is 566 g/mol. The first-order chi connectivity index (χ1) is 17.7. The molecule has 5 rings (SSSR count). The summed E-state index contributed by atoms with van der Waals surface area (Å²) in [6.07, 6.45) is 5.02. The van der Waals surface area contributed by atoms with Crippen molar-refractivity contribution in [2.24, 2.45) is 5.41 Å². The molecule has 1 N–H and O–H groups in total. The Morgan fingerprint density at radius 2 is 1.86 bits per heavy atom. The summed E-state index contributed by atoms with van der Waals surface area (Å²) in [6.45, 7) is 4.03. The Labute approximate surface area is 223 Å². The van der Waals surface area contributed by atoms with Gasteiger partial charge in [0, 0.05) is 24.0 Å². The van der Waals surface area contributed by atoms with Gasteiger partial charge >= 0.3 is 6.01 Å². The maximum Gasteiger partial charge on any atom is 0.316 e. The Morgan fingerprint density at radius 3 is 2.57 bits per heavy atom. The fourth-order valence-electron chi connectivity index (χ4n) is 5.08. The molecule has 1 saturated heterocycles. The summed E-state index contributed by atoms with van der Waals surface area (Å²) in [5, 5.41) is 2.94. The van der Waals surface area contributed by atoms with E-state index in [1.54, 1.807) is 24.4 Å². The number of nitrogens with one attached hydrogen (secondary N) is 1. The van der Waals surface area contributed by atoms with E-state index in [2.05, 4.69) is 43.1 Å². The van der Waals surface area contributed by atoms with E-state index in [-0.39, 0.29) is 35.7 Å². The second kappa shape index (κ2) is 9.74. The number of aryl methyl sites for hydroxylation is 1.